The topological polar surface area (TPSA) is 99.2 Å². The van der Waals surface area contributed by atoms with Crippen molar-refractivity contribution in [2.45, 2.75) is 45.7 Å². The summed E-state index contributed by atoms with van der Waals surface area (Å²) in [6.07, 6.45) is -0.800. The second-order valence-electron chi connectivity index (χ2n) is 8.27. The van der Waals surface area contributed by atoms with Crippen LogP contribution in [0.2, 0.25) is 10.0 Å². The van der Waals surface area contributed by atoms with E-state index in [4.69, 9.17) is 23.2 Å². The van der Waals surface area contributed by atoms with Crippen LogP contribution in [0.25, 0.3) is 16.6 Å². The quantitative estimate of drug-likeness (QED) is 0.517. The second kappa shape index (κ2) is 8.81. The Kier molecular flexibility index (Phi) is 6.49. The van der Waals surface area contributed by atoms with Gasteiger partial charge in [-0.05, 0) is 57.5 Å². The minimum atomic E-state index is -1.15. The van der Waals surface area contributed by atoms with Gasteiger partial charge < -0.3 is 5.11 Å². The van der Waals surface area contributed by atoms with Gasteiger partial charge in [0.25, 0.3) is 5.56 Å². The van der Waals surface area contributed by atoms with E-state index in [2.05, 4.69) is 11.1 Å². The van der Waals surface area contributed by atoms with Crippen molar-refractivity contribution >= 4 is 40.2 Å². The molecule has 32 heavy (non-hydrogen) atoms. The Labute approximate surface area is 195 Å². The molecule has 1 atom stereocenters. The first kappa shape index (κ1) is 23.6. The summed E-state index contributed by atoms with van der Waals surface area (Å²) in [4.78, 5) is 31.9. The molecule has 0 aliphatic heterocycles. The van der Waals surface area contributed by atoms with Crippen LogP contribution in [0.3, 0.4) is 0 Å². The van der Waals surface area contributed by atoms with E-state index in [1.165, 1.54) is 15.5 Å². The molecule has 1 N–H and O–H groups in total. The van der Waals surface area contributed by atoms with Crippen LogP contribution in [-0.2, 0) is 0 Å². The highest BCUT2D eigenvalue weighted by Gasteiger charge is 2.36. The molecule has 0 bridgehead atoms. The van der Waals surface area contributed by atoms with Crippen LogP contribution >= 0.6 is 23.2 Å². The van der Waals surface area contributed by atoms with E-state index in [1.807, 2.05) is 6.92 Å². The lowest BCUT2D eigenvalue weighted by Gasteiger charge is -2.39. The number of hydrogen-bond donors (Lipinski definition) is 1. The van der Waals surface area contributed by atoms with Crippen LogP contribution in [0.5, 0.6) is 0 Å². The number of nitrogens with zero attached hydrogens (tertiary/aromatic N) is 4. The fraction of sp³-hybridized carbons (Fsp3) is 0.304. The molecule has 7 nitrogen and oxygen atoms in total. The highest BCUT2D eigenvalue weighted by molar-refractivity contribution is 6.39. The number of carbonyl (C=O) groups is 1. The minimum Gasteiger partial charge on any atom is -0.465 e. The maximum absolute atomic E-state index is 13.7. The molecule has 0 saturated heterocycles. The molecule has 1 amide bonds. The van der Waals surface area contributed by atoms with E-state index in [-0.39, 0.29) is 26.8 Å². The van der Waals surface area contributed by atoms with Gasteiger partial charge >= 0.3 is 6.09 Å². The molecule has 9 heteroatoms. The minimum absolute atomic E-state index is 0.123. The van der Waals surface area contributed by atoms with Gasteiger partial charge in [-0.3, -0.25) is 14.3 Å². The first-order chi connectivity index (χ1) is 15.0. The van der Waals surface area contributed by atoms with Gasteiger partial charge in [-0.2, -0.15) is 5.26 Å². The zero-order valence-electron chi connectivity index (χ0n) is 18.1. The van der Waals surface area contributed by atoms with Crippen LogP contribution in [-0.4, -0.2) is 31.2 Å². The number of benzene rings is 2. The molecule has 3 rings (SSSR count). The molecule has 0 saturated carbocycles. The van der Waals surface area contributed by atoms with Crippen LogP contribution in [0.15, 0.2) is 41.2 Å². The number of nitriles is 1. The highest BCUT2D eigenvalue weighted by Crippen LogP contribution is 2.34. The van der Waals surface area contributed by atoms with E-state index in [9.17, 15) is 20.0 Å². The smallest absolute Gasteiger partial charge is 0.408 e. The third-order valence-electron chi connectivity index (χ3n) is 5.11. The van der Waals surface area contributed by atoms with Gasteiger partial charge in [-0.15, -0.1) is 0 Å². The van der Waals surface area contributed by atoms with E-state index in [1.54, 1.807) is 51.1 Å². The molecule has 3 aromatic rings. The molecule has 166 valence electrons. The van der Waals surface area contributed by atoms with Crippen LogP contribution in [0.4, 0.5) is 4.79 Å². The van der Waals surface area contributed by atoms with Crippen molar-refractivity contribution in [2.75, 3.05) is 0 Å². The van der Waals surface area contributed by atoms with Gasteiger partial charge in [0.2, 0.25) is 0 Å². The molecule has 0 unspecified atom stereocenters. The summed E-state index contributed by atoms with van der Waals surface area (Å²) in [7, 11) is 0. The highest BCUT2D eigenvalue weighted by atomic mass is 35.5. The van der Waals surface area contributed by atoms with Gasteiger partial charge in [0.05, 0.1) is 44.3 Å². The van der Waals surface area contributed by atoms with Crippen molar-refractivity contribution in [1.82, 2.24) is 14.5 Å². The van der Waals surface area contributed by atoms with Gasteiger partial charge in [0, 0.05) is 5.54 Å². The lowest BCUT2D eigenvalue weighted by Crippen LogP contribution is -2.48. The molecule has 1 heterocycles. The van der Waals surface area contributed by atoms with E-state index >= 15 is 0 Å². The van der Waals surface area contributed by atoms with Gasteiger partial charge in [0.1, 0.15) is 5.82 Å². The Bertz CT molecular complexity index is 1310. The fourth-order valence-electron chi connectivity index (χ4n) is 3.79. The Morgan fingerprint density at radius 3 is 2.47 bits per heavy atom. The van der Waals surface area contributed by atoms with Gasteiger partial charge in [-0.25, -0.2) is 9.78 Å². The molecular weight excluding hydrogens is 451 g/mol. The van der Waals surface area contributed by atoms with Crippen molar-refractivity contribution < 1.29 is 9.90 Å². The third kappa shape index (κ3) is 4.16. The number of hydrogen-bond acceptors (Lipinski definition) is 4. The predicted octanol–water partition coefficient (Wildman–Crippen LogP) is 5.79. The van der Waals surface area contributed by atoms with Crippen molar-refractivity contribution in [3.8, 4) is 11.8 Å². The zero-order chi connectivity index (χ0) is 23.8. The summed E-state index contributed by atoms with van der Waals surface area (Å²) in [5.41, 5.74) is -0.352. The van der Waals surface area contributed by atoms with E-state index < -0.39 is 23.2 Å². The van der Waals surface area contributed by atoms with Crippen LogP contribution < -0.4 is 5.56 Å². The molecule has 0 aliphatic rings. The standard InChI is InChI=1S/C23H22Cl2N4O3/c1-5-17(29(22(31)32)23(2,3)4)20-27-19-16(25)10-9-15(24)18(19)21(30)28(20)14-8-6-7-13(11-14)12-26/h6-11,17H,5H2,1-4H3,(H,31,32)/t17-/m0/s1. The lowest BCUT2D eigenvalue weighted by atomic mass is 10.0. The zero-order valence-corrected chi connectivity index (χ0v) is 19.6. The van der Waals surface area contributed by atoms with Gasteiger partial charge in [0.15, 0.2) is 0 Å². The van der Waals surface area contributed by atoms with E-state index in [0.29, 0.717) is 17.7 Å². The average Bonchev–Trinajstić information content (AvgIpc) is 2.72. The summed E-state index contributed by atoms with van der Waals surface area (Å²) in [6, 6.07) is 10.8. The number of fused-ring (bicyclic) bond motifs is 1. The first-order valence-electron chi connectivity index (χ1n) is 9.94. The molecule has 0 radical (unpaired) electrons. The van der Waals surface area contributed by atoms with Crippen LogP contribution in [0.1, 0.15) is 51.5 Å². The Hall–Kier alpha value is -3.08. The third-order valence-corrected chi connectivity index (χ3v) is 5.73. The molecule has 2 aromatic carbocycles. The summed E-state index contributed by atoms with van der Waals surface area (Å²) >= 11 is 12.7. The van der Waals surface area contributed by atoms with Crippen molar-refractivity contribution in [3.05, 3.63) is 68.2 Å². The Morgan fingerprint density at radius 2 is 1.91 bits per heavy atom. The summed E-state index contributed by atoms with van der Waals surface area (Å²) in [6.45, 7) is 7.13. The summed E-state index contributed by atoms with van der Waals surface area (Å²) in [5.74, 6) is 0.196. The van der Waals surface area contributed by atoms with E-state index in [0.717, 1.165) is 0 Å². The maximum Gasteiger partial charge on any atom is 0.408 e. The first-order valence-corrected chi connectivity index (χ1v) is 10.7. The molecule has 0 spiro atoms. The molecule has 1 aromatic heterocycles. The number of carboxylic acid groups (broad SMARTS) is 1. The number of amides is 1. The summed E-state index contributed by atoms with van der Waals surface area (Å²) in [5, 5.41) is 19.9. The van der Waals surface area contributed by atoms with Gasteiger partial charge in [-0.1, -0.05) is 36.2 Å². The molecule has 0 aliphatic carbocycles. The second-order valence-corrected chi connectivity index (χ2v) is 9.09. The van der Waals surface area contributed by atoms with Crippen LogP contribution in [0, 0.1) is 11.3 Å². The van der Waals surface area contributed by atoms with Crippen molar-refractivity contribution in [2.24, 2.45) is 0 Å². The fourth-order valence-corrected chi connectivity index (χ4v) is 4.22. The number of halogens is 2. The Balaban J connectivity index is 2.50. The average molecular weight is 473 g/mol. The Morgan fingerprint density at radius 1 is 1.25 bits per heavy atom. The molecular formula is C23H22Cl2N4O3. The maximum atomic E-state index is 13.7. The monoisotopic (exact) mass is 472 g/mol. The number of aromatic nitrogens is 2. The predicted molar refractivity (Wildman–Crippen MR) is 125 cm³/mol. The largest absolute Gasteiger partial charge is 0.465 e. The van der Waals surface area contributed by atoms with Crippen molar-refractivity contribution in [3.63, 3.8) is 0 Å². The normalized spacial score (nSPS) is 12.4. The number of rotatable bonds is 4. The van der Waals surface area contributed by atoms with Crippen molar-refractivity contribution in [1.29, 1.82) is 5.26 Å². The summed E-state index contributed by atoms with van der Waals surface area (Å²) < 4.78 is 1.32. The molecule has 0 fully saturated rings. The SMILES string of the molecule is CC[C@@H](c1nc2c(Cl)ccc(Cl)c2c(=O)n1-c1cccc(C#N)c1)N(C(=O)O)C(C)(C)C. The lowest BCUT2D eigenvalue weighted by molar-refractivity contribution is 0.0646.